The number of fused-ring (bicyclic) bond motifs is 1. The second kappa shape index (κ2) is 7.54. The van der Waals surface area contributed by atoms with Gasteiger partial charge in [0.1, 0.15) is 17.5 Å². The number of nitrogens with one attached hydrogen (secondary N) is 1. The van der Waals surface area contributed by atoms with Crippen LogP contribution in [0.5, 0.6) is 5.75 Å². The molecule has 0 radical (unpaired) electrons. The zero-order valence-corrected chi connectivity index (χ0v) is 16.4. The molecular formula is C22H20N4O4. The molecule has 3 aromatic rings. The topological polar surface area (TPSA) is 112 Å². The van der Waals surface area contributed by atoms with E-state index in [9.17, 15) is 15.2 Å². The molecule has 0 saturated carbocycles. The smallest absolute Gasteiger partial charge is 0.329 e. The second-order valence-corrected chi connectivity index (χ2v) is 7.46. The molecule has 0 bridgehead atoms. The highest BCUT2D eigenvalue weighted by Crippen LogP contribution is 2.44. The first-order valence-electron chi connectivity index (χ1n) is 9.35. The van der Waals surface area contributed by atoms with Crippen molar-refractivity contribution in [2.75, 3.05) is 10.2 Å². The Bertz CT molecular complexity index is 1090. The molecule has 0 spiro atoms. The molecule has 2 heterocycles. The Morgan fingerprint density at radius 1 is 1.27 bits per heavy atom. The maximum absolute atomic E-state index is 13.3. The van der Waals surface area contributed by atoms with E-state index in [1.54, 1.807) is 56.3 Å². The normalized spacial score (nSPS) is 19.1. The van der Waals surface area contributed by atoms with Gasteiger partial charge in [0.05, 0.1) is 23.9 Å². The van der Waals surface area contributed by atoms with E-state index in [0.717, 1.165) is 0 Å². The van der Waals surface area contributed by atoms with Crippen LogP contribution in [0.1, 0.15) is 31.0 Å². The van der Waals surface area contributed by atoms with Gasteiger partial charge in [-0.25, -0.2) is 9.78 Å². The Hall–Kier alpha value is -3.83. The zero-order valence-electron chi connectivity index (χ0n) is 16.4. The minimum atomic E-state index is -1.08. The summed E-state index contributed by atoms with van der Waals surface area (Å²) < 4.78 is 11.1. The Morgan fingerprint density at radius 2 is 2.03 bits per heavy atom. The molecule has 8 heteroatoms. The molecule has 2 N–H and O–H groups in total. The van der Waals surface area contributed by atoms with Gasteiger partial charge < -0.3 is 14.3 Å². The minimum absolute atomic E-state index is 0.174. The molecule has 1 aliphatic heterocycles. The van der Waals surface area contributed by atoms with Crippen molar-refractivity contribution in [1.29, 1.82) is 5.26 Å². The van der Waals surface area contributed by atoms with Crippen molar-refractivity contribution >= 4 is 17.6 Å². The van der Waals surface area contributed by atoms with Crippen LogP contribution in [0, 0.1) is 11.3 Å². The number of hydrogen-bond acceptors (Lipinski definition) is 6. The summed E-state index contributed by atoms with van der Waals surface area (Å²) in [5, 5.41) is 23.3. The average molecular weight is 404 g/mol. The van der Waals surface area contributed by atoms with Crippen molar-refractivity contribution in [1.82, 2.24) is 4.98 Å². The lowest BCUT2D eigenvalue weighted by Crippen LogP contribution is -2.55. The number of para-hydroxylation sites is 1. The van der Waals surface area contributed by atoms with E-state index in [-0.39, 0.29) is 5.88 Å². The third-order valence-corrected chi connectivity index (χ3v) is 5.04. The van der Waals surface area contributed by atoms with E-state index in [0.29, 0.717) is 22.6 Å². The van der Waals surface area contributed by atoms with Crippen LogP contribution in [-0.4, -0.2) is 27.8 Å². The molecule has 2 unspecified atom stereocenters. The summed E-state index contributed by atoms with van der Waals surface area (Å²) in [7, 11) is 0. The molecule has 0 fully saturated rings. The first-order valence-corrected chi connectivity index (χ1v) is 9.35. The summed E-state index contributed by atoms with van der Waals surface area (Å²) in [5.74, 6) is 0.676. The summed E-state index contributed by atoms with van der Waals surface area (Å²) in [6.45, 7) is 3.51. The van der Waals surface area contributed by atoms with Gasteiger partial charge in [0.25, 0.3) is 0 Å². The number of nitriles is 1. The van der Waals surface area contributed by atoms with Crippen LogP contribution < -0.4 is 15.0 Å². The van der Waals surface area contributed by atoms with Gasteiger partial charge >= 0.3 is 6.03 Å². The molecule has 8 nitrogen and oxygen atoms in total. The van der Waals surface area contributed by atoms with Crippen molar-refractivity contribution in [3.63, 3.8) is 0 Å². The number of hydrogen-bond donors (Lipinski definition) is 2. The first-order chi connectivity index (χ1) is 14.4. The number of aliphatic hydroxyl groups is 1. The highest BCUT2D eigenvalue weighted by molar-refractivity contribution is 6.01. The lowest BCUT2D eigenvalue weighted by molar-refractivity contribution is -0.0570. The third kappa shape index (κ3) is 3.47. The third-order valence-electron chi connectivity index (χ3n) is 5.04. The zero-order chi connectivity index (χ0) is 21.3. The van der Waals surface area contributed by atoms with Gasteiger partial charge in [0.2, 0.25) is 5.88 Å². The minimum Gasteiger partial charge on any atom is -0.485 e. The van der Waals surface area contributed by atoms with Crippen LogP contribution >= 0.6 is 0 Å². The highest BCUT2D eigenvalue weighted by atomic mass is 16.5. The number of amides is 2. The van der Waals surface area contributed by atoms with E-state index in [1.165, 1.54) is 17.5 Å². The SMILES string of the molecule is CC1(C)Oc2ccc(C#N)cc2C(N(C(=O)Nc2cnco2)c2ccccc2)C1O. The van der Waals surface area contributed by atoms with Crippen LogP contribution in [0.3, 0.4) is 0 Å². The molecule has 1 aromatic heterocycles. The summed E-state index contributed by atoms with van der Waals surface area (Å²) >= 11 is 0. The first kappa shape index (κ1) is 19.5. The quantitative estimate of drug-likeness (QED) is 0.686. The van der Waals surface area contributed by atoms with Crippen LogP contribution in [-0.2, 0) is 0 Å². The van der Waals surface area contributed by atoms with E-state index in [2.05, 4.69) is 16.4 Å². The Morgan fingerprint density at radius 3 is 2.70 bits per heavy atom. The number of benzene rings is 2. The molecule has 152 valence electrons. The fraction of sp³-hybridized carbons (Fsp3) is 0.227. The van der Waals surface area contributed by atoms with Gasteiger partial charge in [-0.3, -0.25) is 10.2 Å². The molecule has 0 aliphatic carbocycles. The molecule has 1 aliphatic rings. The number of rotatable bonds is 3. The summed E-state index contributed by atoms with van der Waals surface area (Å²) in [5.41, 5.74) is 0.519. The fourth-order valence-electron chi connectivity index (χ4n) is 3.55. The second-order valence-electron chi connectivity index (χ2n) is 7.46. The van der Waals surface area contributed by atoms with E-state index in [4.69, 9.17) is 9.15 Å². The number of aromatic nitrogens is 1. The van der Waals surface area contributed by atoms with E-state index in [1.807, 2.05) is 6.07 Å². The van der Waals surface area contributed by atoms with Crippen LogP contribution in [0.2, 0.25) is 0 Å². The largest absolute Gasteiger partial charge is 0.485 e. The van der Waals surface area contributed by atoms with Crippen LogP contribution in [0.15, 0.2) is 65.5 Å². The number of oxazole rings is 1. The van der Waals surface area contributed by atoms with E-state index < -0.39 is 23.8 Å². The molecule has 2 atom stereocenters. The Kier molecular flexibility index (Phi) is 4.90. The van der Waals surface area contributed by atoms with Crippen molar-refractivity contribution < 1.29 is 19.1 Å². The average Bonchev–Trinajstić information content (AvgIpc) is 3.24. The number of carbonyl (C=O) groups excluding carboxylic acids is 1. The fourth-order valence-corrected chi connectivity index (χ4v) is 3.55. The molecule has 30 heavy (non-hydrogen) atoms. The van der Waals surface area contributed by atoms with Crippen molar-refractivity contribution in [3.8, 4) is 11.8 Å². The maximum Gasteiger partial charge on any atom is 0.329 e. The van der Waals surface area contributed by atoms with Gasteiger partial charge in [-0.2, -0.15) is 5.26 Å². The number of carbonyl (C=O) groups is 1. The van der Waals surface area contributed by atoms with Gasteiger partial charge in [0, 0.05) is 11.3 Å². The van der Waals surface area contributed by atoms with E-state index >= 15 is 0 Å². The predicted octanol–water partition coefficient (Wildman–Crippen LogP) is 3.86. The van der Waals surface area contributed by atoms with Gasteiger partial charge in [-0.05, 0) is 44.2 Å². The molecule has 2 aromatic carbocycles. The number of urea groups is 1. The predicted molar refractivity (Wildman–Crippen MR) is 109 cm³/mol. The molecular weight excluding hydrogens is 384 g/mol. The van der Waals surface area contributed by atoms with Crippen molar-refractivity contribution in [2.45, 2.75) is 31.6 Å². The standard InChI is InChI=1S/C22H20N4O4/c1-22(2)20(27)19(16-10-14(11-23)8-9-17(16)30-22)26(15-6-4-3-5-7-15)21(28)25-18-12-24-13-29-18/h3-10,12-13,19-20,27H,1-2H3,(H,25,28). The monoisotopic (exact) mass is 404 g/mol. The number of nitrogens with zero attached hydrogens (tertiary/aromatic N) is 3. The number of aliphatic hydroxyl groups excluding tert-OH is 1. The summed E-state index contributed by atoms with van der Waals surface area (Å²) in [4.78, 5) is 18.6. The molecule has 4 rings (SSSR count). The highest BCUT2D eigenvalue weighted by Gasteiger charge is 2.47. The van der Waals surface area contributed by atoms with Crippen molar-refractivity contribution in [3.05, 3.63) is 72.2 Å². The summed E-state index contributed by atoms with van der Waals surface area (Å²) in [6, 6.07) is 14.7. The van der Waals surface area contributed by atoms with Gasteiger partial charge in [-0.1, -0.05) is 18.2 Å². The van der Waals surface area contributed by atoms with Crippen LogP contribution in [0.25, 0.3) is 0 Å². The number of ether oxygens (including phenoxy) is 1. The Balaban J connectivity index is 1.86. The van der Waals surface area contributed by atoms with Gasteiger partial charge in [0.15, 0.2) is 6.39 Å². The summed E-state index contributed by atoms with van der Waals surface area (Å²) in [6.07, 6.45) is 1.51. The van der Waals surface area contributed by atoms with Gasteiger partial charge in [-0.15, -0.1) is 0 Å². The Labute approximate surface area is 173 Å². The lowest BCUT2D eigenvalue weighted by Gasteiger charge is -2.46. The molecule has 0 saturated heterocycles. The van der Waals surface area contributed by atoms with Crippen LogP contribution in [0.4, 0.5) is 16.4 Å². The van der Waals surface area contributed by atoms with Crippen molar-refractivity contribution in [2.24, 2.45) is 0 Å². The maximum atomic E-state index is 13.3. The molecule has 2 amide bonds. The number of anilines is 2. The lowest BCUT2D eigenvalue weighted by atomic mass is 9.84.